The number of nitrogens with zero attached hydrogens (tertiary/aromatic N) is 3. The number of rotatable bonds is 2. The van der Waals surface area contributed by atoms with Crippen molar-refractivity contribution in [2.75, 3.05) is 7.05 Å². The highest BCUT2D eigenvalue weighted by atomic mass is 32.2. The van der Waals surface area contributed by atoms with Gasteiger partial charge in [-0.05, 0) is 17.3 Å². The van der Waals surface area contributed by atoms with Crippen LogP contribution in [-0.4, -0.2) is 31.7 Å². The van der Waals surface area contributed by atoms with Gasteiger partial charge in [-0.1, -0.05) is 49.5 Å². The van der Waals surface area contributed by atoms with Crippen LogP contribution in [0.2, 0.25) is 0 Å². The summed E-state index contributed by atoms with van der Waals surface area (Å²) in [7, 11) is 1.79. The van der Waals surface area contributed by atoms with Gasteiger partial charge in [0, 0.05) is 19.5 Å². The fraction of sp³-hybridized carbons (Fsp3) is 0.250. The lowest BCUT2D eigenvalue weighted by atomic mass is 10.0. The van der Waals surface area contributed by atoms with Gasteiger partial charge in [-0.2, -0.15) is 0 Å². The molecule has 2 aromatic rings. The van der Waals surface area contributed by atoms with E-state index in [9.17, 15) is 0 Å². The molecule has 0 radical (unpaired) electrons. The number of thioether (sulfide) groups is 1. The summed E-state index contributed by atoms with van der Waals surface area (Å²) in [4.78, 5) is 8.99. The van der Waals surface area contributed by atoms with Gasteiger partial charge >= 0.3 is 0 Å². The predicted molar refractivity (Wildman–Crippen MR) is 100 cm³/mol. The topological polar surface area (TPSA) is 66.1 Å². The van der Waals surface area contributed by atoms with E-state index in [2.05, 4.69) is 27.4 Å². The molecule has 3 rings (SSSR count). The zero-order valence-corrected chi connectivity index (χ0v) is 14.5. The van der Waals surface area contributed by atoms with E-state index in [1.54, 1.807) is 13.4 Å². The van der Waals surface area contributed by atoms with Crippen molar-refractivity contribution < 1.29 is 0 Å². The third-order valence-corrected chi connectivity index (χ3v) is 5.19. The number of fused-ring (bicyclic) bond motifs is 1. The minimum absolute atomic E-state index is 0.0926. The number of thiocarbonyl (C=S) groups is 1. The molecule has 0 saturated heterocycles. The smallest absolute Gasteiger partial charge is 0.180 e. The van der Waals surface area contributed by atoms with Crippen molar-refractivity contribution in [2.45, 2.75) is 13.5 Å². The SMILES string of the molecule is CNC(=S)SC1=Nc2ncn(Cc3ccccc3)c2C(=N)C1C. The van der Waals surface area contributed by atoms with E-state index >= 15 is 0 Å². The molecule has 1 unspecified atom stereocenters. The first-order chi connectivity index (χ1) is 11.1. The normalized spacial score (nSPS) is 16.7. The largest absolute Gasteiger partial charge is 0.374 e. The minimum atomic E-state index is -0.0926. The highest BCUT2D eigenvalue weighted by molar-refractivity contribution is 8.33. The third kappa shape index (κ3) is 3.20. The summed E-state index contributed by atoms with van der Waals surface area (Å²) in [5, 5.41) is 12.3. The quantitative estimate of drug-likeness (QED) is 0.822. The predicted octanol–water partition coefficient (Wildman–Crippen LogP) is 3.22. The fourth-order valence-electron chi connectivity index (χ4n) is 2.42. The molecule has 2 heterocycles. The lowest BCUT2D eigenvalue weighted by molar-refractivity contribution is 0.782. The number of nitrogens with one attached hydrogen (secondary N) is 2. The van der Waals surface area contributed by atoms with Crippen LogP contribution < -0.4 is 5.32 Å². The third-order valence-electron chi connectivity index (χ3n) is 3.69. The molecule has 0 spiro atoms. The molecule has 0 aliphatic carbocycles. The van der Waals surface area contributed by atoms with Gasteiger partial charge in [0.2, 0.25) is 0 Å². The zero-order valence-electron chi connectivity index (χ0n) is 12.9. The Morgan fingerprint density at radius 1 is 1.39 bits per heavy atom. The Bertz CT molecular complexity index is 779. The van der Waals surface area contributed by atoms with Crippen LogP contribution in [0, 0.1) is 11.3 Å². The molecule has 5 nitrogen and oxygen atoms in total. The Kier molecular flexibility index (Phi) is 4.58. The van der Waals surface area contributed by atoms with Gasteiger partial charge in [-0.25, -0.2) is 9.98 Å². The lowest BCUT2D eigenvalue weighted by Crippen LogP contribution is -2.27. The van der Waals surface area contributed by atoms with E-state index in [1.165, 1.54) is 17.3 Å². The second kappa shape index (κ2) is 6.64. The molecule has 118 valence electrons. The van der Waals surface area contributed by atoms with Crippen LogP contribution in [0.3, 0.4) is 0 Å². The van der Waals surface area contributed by atoms with Crippen LogP contribution in [0.4, 0.5) is 5.82 Å². The van der Waals surface area contributed by atoms with E-state index < -0.39 is 0 Å². The number of hydrogen-bond acceptors (Lipinski definition) is 5. The van der Waals surface area contributed by atoms with Crippen LogP contribution >= 0.6 is 24.0 Å². The van der Waals surface area contributed by atoms with Crippen LogP contribution in [0.5, 0.6) is 0 Å². The molecule has 7 heteroatoms. The molecule has 23 heavy (non-hydrogen) atoms. The Hall–Kier alpha value is -1.99. The van der Waals surface area contributed by atoms with Crippen molar-refractivity contribution >= 4 is 44.9 Å². The van der Waals surface area contributed by atoms with Gasteiger partial charge in [-0.15, -0.1) is 0 Å². The standard InChI is InChI=1S/C16H17N5S2/c1-10-12(17)13-14(20-15(10)23-16(22)18-2)19-9-21(13)8-11-6-4-3-5-7-11/h3-7,9-10,17H,8H2,1-2H3,(H,18,22). The molecule has 0 fully saturated rings. The molecular formula is C16H17N5S2. The van der Waals surface area contributed by atoms with E-state index in [0.717, 1.165) is 10.7 Å². The lowest BCUT2D eigenvalue weighted by Gasteiger charge is -2.21. The summed E-state index contributed by atoms with van der Waals surface area (Å²) in [5.41, 5.74) is 2.50. The second-order valence-corrected chi connectivity index (χ2v) is 6.95. The molecule has 1 aromatic heterocycles. The molecular weight excluding hydrogens is 326 g/mol. The van der Waals surface area contributed by atoms with Crippen molar-refractivity contribution in [3.05, 3.63) is 47.9 Å². The van der Waals surface area contributed by atoms with Crippen LogP contribution in [0.25, 0.3) is 0 Å². The maximum absolute atomic E-state index is 8.51. The highest BCUT2D eigenvalue weighted by Crippen LogP contribution is 2.31. The van der Waals surface area contributed by atoms with E-state index in [1.807, 2.05) is 29.7 Å². The Balaban J connectivity index is 1.93. The zero-order chi connectivity index (χ0) is 16.4. The summed E-state index contributed by atoms with van der Waals surface area (Å²) < 4.78 is 2.64. The number of imidazole rings is 1. The average molecular weight is 343 g/mol. The van der Waals surface area contributed by atoms with Crippen LogP contribution in [0.1, 0.15) is 18.2 Å². The molecule has 1 atom stereocenters. The summed E-state index contributed by atoms with van der Waals surface area (Å²) >= 11 is 6.58. The van der Waals surface area contributed by atoms with Gasteiger partial charge in [0.1, 0.15) is 10.0 Å². The Labute approximate surface area is 144 Å². The maximum atomic E-state index is 8.51. The monoisotopic (exact) mass is 343 g/mol. The van der Waals surface area contributed by atoms with Gasteiger partial charge in [-0.3, -0.25) is 0 Å². The second-order valence-electron chi connectivity index (χ2n) is 5.26. The fourth-order valence-corrected chi connectivity index (χ4v) is 3.39. The molecule has 2 N–H and O–H groups in total. The number of benzene rings is 1. The Morgan fingerprint density at radius 3 is 2.83 bits per heavy atom. The van der Waals surface area contributed by atoms with Crippen molar-refractivity contribution in [3.8, 4) is 0 Å². The maximum Gasteiger partial charge on any atom is 0.180 e. The van der Waals surface area contributed by atoms with Crippen molar-refractivity contribution in [1.82, 2.24) is 14.9 Å². The van der Waals surface area contributed by atoms with Crippen molar-refractivity contribution in [1.29, 1.82) is 5.41 Å². The first kappa shape index (κ1) is 15.9. The van der Waals surface area contributed by atoms with Crippen LogP contribution in [0.15, 0.2) is 41.7 Å². The van der Waals surface area contributed by atoms with Crippen molar-refractivity contribution in [2.24, 2.45) is 10.9 Å². The minimum Gasteiger partial charge on any atom is -0.374 e. The van der Waals surface area contributed by atoms with Gasteiger partial charge in [0.15, 0.2) is 5.82 Å². The molecule has 1 aliphatic rings. The number of hydrogen-bond donors (Lipinski definition) is 2. The summed E-state index contributed by atoms with van der Waals surface area (Å²) in [5.74, 6) is 0.510. The van der Waals surface area contributed by atoms with E-state index in [4.69, 9.17) is 17.6 Å². The molecule has 1 aromatic carbocycles. The van der Waals surface area contributed by atoms with Gasteiger partial charge < -0.3 is 15.3 Å². The van der Waals surface area contributed by atoms with Gasteiger partial charge in [0.05, 0.1) is 17.1 Å². The summed E-state index contributed by atoms with van der Waals surface area (Å²) in [6.45, 7) is 2.67. The molecule has 0 saturated carbocycles. The molecule has 0 amide bonds. The highest BCUT2D eigenvalue weighted by Gasteiger charge is 2.29. The van der Waals surface area contributed by atoms with E-state index in [0.29, 0.717) is 22.4 Å². The van der Waals surface area contributed by atoms with Crippen LogP contribution in [-0.2, 0) is 6.54 Å². The first-order valence-electron chi connectivity index (χ1n) is 7.26. The summed E-state index contributed by atoms with van der Waals surface area (Å²) in [6.07, 6.45) is 1.76. The first-order valence-corrected chi connectivity index (χ1v) is 8.48. The van der Waals surface area contributed by atoms with Gasteiger partial charge in [0.25, 0.3) is 0 Å². The number of aliphatic imine (C=N–C) groups is 1. The average Bonchev–Trinajstić information content (AvgIpc) is 2.95. The summed E-state index contributed by atoms with van der Waals surface area (Å²) in [6, 6.07) is 10.2. The van der Waals surface area contributed by atoms with Crippen molar-refractivity contribution in [3.63, 3.8) is 0 Å². The molecule has 1 aliphatic heterocycles. The van der Waals surface area contributed by atoms with E-state index in [-0.39, 0.29) is 5.92 Å². The number of aromatic nitrogens is 2. The Morgan fingerprint density at radius 2 is 2.13 bits per heavy atom. The molecule has 0 bridgehead atoms.